The Balaban J connectivity index is 2.15. The van der Waals surface area contributed by atoms with Gasteiger partial charge in [-0.3, -0.25) is 0 Å². The molecule has 2 heteroatoms. The maximum atomic E-state index is 5.23. The van der Waals surface area contributed by atoms with E-state index in [-0.39, 0.29) is 0 Å². The first-order valence-corrected chi connectivity index (χ1v) is 4.13. The summed E-state index contributed by atoms with van der Waals surface area (Å²) >= 11 is 0. The van der Waals surface area contributed by atoms with Crippen molar-refractivity contribution in [2.24, 2.45) is 0 Å². The minimum absolute atomic E-state index is 0.469. The number of hydrogen-bond acceptors (Lipinski definition) is 2. The van der Waals surface area contributed by atoms with Crippen LogP contribution in [-0.4, -0.2) is 25.8 Å². The zero-order valence-corrected chi connectivity index (χ0v) is 6.89. The van der Waals surface area contributed by atoms with Gasteiger partial charge in [0.1, 0.15) is 0 Å². The molecule has 1 saturated heterocycles. The zero-order valence-electron chi connectivity index (χ0n) is 6.89. The Kier molecular flexibility index (Phi) is 3.16. The van der Waals surface area contributed by atoms with E-state index in [1.807, 2.05) is 0 Å². The van der Waals surface area contributed by atoms with Crippen molar-refractivity contribution >= 4 is 0 Å². The summed E-state index contributed by atoms with van der Waals surface area (Å²) in [5.41, 5.74) is 0. The van der Waals surface area contributed by atoms with Gasteiger partial charge < -0.3 is 10.1 Å². The lowest BCUT2D eigenvalue weighted by atomic mass is 10.1. The summed E-state index contributed by atoms with van der Waals surface area (Å²) in [6.07, 6.45) is 4.23. The molecule has 1 heterocycles. The summed E-state index contributed by atoms with van der Waals surface area (Å²) in [5.74, 6) is 0. The lowest BCUT2D eigenvalue weighted by molar-refractivity contribution is 0.117. The summed E-state index contributed by atoms with van der Waals surface area (Å²) in [6, 6.07) is 0.718. The van der Waals surface area contributed by atoms with Gasteiger partial charge in [-0.15, -0.1) is 0 Å². The van der Waals surface area contributed by atoms with E-state index in [4.69, 9.17) is 4.74 Å². The highest BCUT2D eigenvalue weighted by Crippen LogP contribution is 2.13. The van der Waals surface area contributed by atoms with Crippen molar-refractivity contribution in [2.45, 2.75) is 38.3 Å². The molecule has 0 bridgehead atoms. The molecule has 1 rings (SSSR count). The summed E-state index contributed by atoms with van der Waals surface area (Å²) in [4.78, 5) is 0. The van der Waals surface area contributed by atoms with Crippen LogP contribution in [-0.2, 0) is 4.74 Å². The van der Waals surface area contributed by atoms with E-state index in [2.05, 4.69) is 12.2 Å². The predicted octanol–water partition coefficient (Wildman–Crippen LogP) is 1.16. The van der Waals surface area contributed by atoms with Gasteiger partial charge in [0.15, 0.2) is 0 Å². The van der Waals surface area contributed by atoms with Crippen LogP contribution < -0.4 is 5.32 Å². The minimum Gasteiger partial charge on any atom is -0.380 e. The average molecular weight is 143 g/mol. The standard InChI is InChI=1S/C8H17NO/c1-3-4-7-5-8(10-2)6-9-7/h7-9H,3-6H2,1-2H3/t7-,8-/m0/s1. The van der Waals surface area contributed by atoms with Crippen molar-refractivity contribution in [2.75, 3.05) is 13.7 Å². The van der Waals surface area contributed by atoms with Crippen LogP contribution in [0.3, 0.4) is 0 Å². The molecule has 1 N–H and O–H groups in total. The Morgan fingerprint density at radius 2 is 2.40 bits per heavy atom. The van der Waals surface area contributed by atoms with Crippen LogP contribution in [0.1, 0.15) is 26.2 Å². The van der Waals surface area contributed by atoms with Crippen molar-refractivity contribution in [3.8, 4) is 0 Å². The molecule has 0 aliphatic carbocycles. The molecule has 0 aromatic heterocycles. The Morgan fingerprint density at radius 1 is 1.60 bits per heavy atom. The van der Waals surface area contributed by atoms with Crippen LogP contribution in [0.4, 0.5) is 0 Å². The Morgan fingerprint density at radius 3 is 2.90 bits per heavy atom. The third-order valence-corrected chi connectivity index (χ3v) is 2.15. The van der Waals surface area contributed by atoms with Crippen LogP contribution in [0, 0.1) is 0 Å². The van der Waals surface area contributed by atoms with Crippen molar-refractivity contribution in [1.82, 2.24) is 5.32 Å². The van der Waals surface area contributed by atoms with E-state index < -0.39 is 0 Å². The molecule has 0 spiro atoms. The first-order valence-electron chi connectivity index (χ1n) is 4.13. The Labute approximate surface area is 63.0 Å². The van der Waals surface area contributed by atoms with Gasteiger partial charge in [0.05, 0.1) is 6.10 Å². The summed E-state index contributed by atoms with van der Waals surface area (Å²) in [6.45, 7) is 3.27. The summed E-state index contributed by atoms with van der Waals surface area (Å²) < 4.78 is 5.23. The normalized spacial score (nSPS) is 33.0. The van der Waals surface area contributed by atoms with Gasteiger partial charge in [-0.1, -0.05) is 13.3 Å². The van der Waals surface area contributed by atoms with Crippen LogP contribution >= 0.6 is 0 Å². The topological polar surface area (TPSA) is 21.3 Å². The monoisotopic (exact) mass is 143 g/mol. The van der Waals surface area contributed by atoms with Gasteiger partial charge >= 0.3 is 0 Å². The van der Waals surface area contributed by atoms with Crippen LogP contribution in [0.5, 0.6) is 0 Å². The zero-order chi connectivity index (χ0) is 7.40. The number of hydrogen-bond donors (Lipinski definition) is 1. The quantitative estimate of drug-likeness (QED) is 0.640. The molecule has 0 aromatic carbocycles. The molecule has 0 unspecified atom stereocenters. The fourth-order valence-corrected chi connectivity index (χ4v) is 1.53. The number of rotatable bonds is 3. The van der Waals surface area contributed by atoms with Crippen molar-refractivity contribution in [1.29, 1.82) is 0 Å². The fourth-order valence-electron chi connectivity index (χ4n) is 1.53. The van der Waals surface area contributed by atoms with Gasteiger partial charge in [-0.2, -0.15) is 0 Å². The van der Waals surface area contributed by atoms with Gasteiger partial charge in [-0.25, -0.2) is 0 Å². The second-order valence-electron chi connectivity index (χ2n) is 2.99. The Hall–Kier alpha value is -0.0800. The van der Waals surface area contributed by atoms with Gasteiger partial charge in [0, 0.05) is 19.7 Å². The van der Waals surface area contributed by atoms with E-state index in [0.717, 1.165) is 12.6 Å². The van der Waals surface area contributed by atoms with Gasteiger partial charge in [0.25, 0.3) is 0 Å². The minimum atomic E-state index is 0.469. The number of methoxy groups -OCH3 is 1. The molecular weight excluding hydrogens is 126 g/mol. The third-order valence-electron chi connectivity index (χ3n) is 2.15. The molecule has 1 fully saturated rings. The second kappa shape index (κ2) is 3.94. The maximum Gasteiger partial charge on any atom is 0.0710 e. The van der Waals surface area contributed by atoms with Gasteiger partial charge in [-0.05, 0) is 12.8 Å². The second-order valence-corrected chi connectivity index (χ2v) is 2.99. The van der Waals surface area contributed by atoms with Crippen LogP contribution in [0.25, 0.3) is 0 Å². The lowest BCUT2D eigenvalue weighted by Gasteiger charge is -2.07. The van der Waals surface area contributed by atoms with Crippen LogP contribution in [0.2, 0.25) is 0 Å². The fraction of sp³-hybridized carbons (Fsp3) is 1.00. The van der Waals surface area contributed by atoms with E-state index in [0.29, 0.717) is 6.10 Å². The van der Waals surface area contributed by atoms with Crippen molar-refractivity contribution < 1.29 is 4.74 Å². The maximum absolute atomic E-state index is 5.23. The largest absolute Gasteiger partial charge is 0.380 e. The first kappa shape index (κ1) is 8.02. The highest BCUT2D eigenvalue weighted by Gasteiger charge is 2.22. The molecule has 0 amide bonds. The molecule has 10 heavy (non-hydrogen) atoms. The number of ether oxygens (including phenoxy) is 1. The van der Waals surface area contributed by atoms with E-state index in [1.54, 1.807) is 7.11 Å². The first-order chi connectivity index (χ1) is 4.86. The summed E-state index contributed by atoms with van der Waals surface area (Å²) in [7, 11) is 1.79. The molecule has 0 aromatic rings. The molecule has 0 radical (unpaired) electrons. The van der Waals surface area contributed by atoms with Crippen molar-refractivity contribution in [3.05, 3.63) is 0 Å². The molecule has 60 valence electrons. The number of nitrogens with one attached hydrogen (secondary N) is 1. The average Bonchev–Trinajstić information content (AvgIpc) is 2.37. The third kappa shape index (κ3) is 1.96. The van der Waals surface area contributed by atoms with Crippen molar-refractivity contribution in [3.63, 3.8) is 0 Å². The molecule has 2 atom stereocenters. The van der Waals surface area contributed by atoms with Gasteiger partial charge in [0.2, 0.25) is 0 Å². The lowest BCUT2D eigenvalue weighted by Crippen LogP contribution is -2.21. The molecule has 1 aliphatic rings. The highest BCUT2D eigenvalue weighted by molar-refractivity contribution is 4.81. The smallest absolute Gasteiger partial charge is 0.0710 e. The highest BCUT2D eigenvalue weighted by atomic mass is 16.5. The van der Waals surface area contributed by atoms with Crippen LogP contribution in [0.15, 0.2) is 0 Å². The molecular formula is C8H17NO. The molecule has 2 nitrogen and oxygen atoms in total. The SMILES string of the molecule is CCC[C@H]1C[C@H](OC)CN1. The van der Waals surface area contributed by atoms with E-state index in [9.17, 15) is 0 Å². The molecule has 0 saturated carbocycles. The molecule has 1 aliphatic heterocycles. The van der Waals surface area contributed by atoms with E-state index >= 15 is 0 Å². The van der Waals surface area contributed by atoms with E-state index in [1.165, 1.54) is 19.3 Å². The predicted molar refractivity (Wildman–Crippen MR) is 42.1 cm³/mol. The summed E-state index contributed by atoms with van der Waals surface area (Å²) in [5, 5.41) is 3.43. The Bertz CT molecular complexity index is 95.3.